The number of likely N-dealkylation sites (N-methyl/N-ethyl adjacent to an activating group) is 1. The summed E-state index contributed by atoms with van der Waals surface area (Å²) in [7, 11) is 2.15. The third-order valence-electron chi connectivity index (χ3n) is 4.36. The second kappa shape index (κ2) is 8.63. The predicted molar refractivity (Wildman–Crippen MR) is 84.9 cm³/mol. The van der Waals surface area contributed by atoms with E-state index in [-0.39, 0.29) is 11.5 Å². The molecule has 0 aliphatic heterocycles. The van der Waals surface area contributed by atoms with Crippen LogP contribution in [0.5, 0.6) is 0 Å². The Balaban J connectivity index is 4.45. The molecule has 0 radical (unpaired) electrons. The predicted octanol–water partition coefficient (Wildman–Crippen LogP) is 2.82. The topological polar surface area (TPSA) is 41.6 Å². The monoisotopic (exact) mass is 286 g/mol. The molecule has 0 heterocycles. The fraction of sp³-hybridized carbons (Fsp3) is 0.938. The number of esters is 1. The van der Waals surface area contributed by atoms with Gasteiger partial charge in [-0.05, 0) is 67.1 Å². The molecule has 0 saturated carbocycles. The molecular formula is C16H34N2O2. The zero-order valence-electron chi connectivity index (χ0n) is 14.5. The van der Waals surface area contributed by atoms with Gasteiger partial charge in [0.1, 0.15) is 5.54 Å². The minimum atomic E-state index is -0.568. The molecule has 0 spiro atoms. The van der Waals surface area contributed by atoms with E-state index in [1.54, 1.807) is 0 Å². The second-order valence-corrected chi connectivity index (χ2v) is 6.27. The third-order valence-corrected chi connectivity index (χ3v) is 4.36. The highest BCUT2D eigenvalue weighted by atomic mass is 16.5. The van der Waals surface area contributed by atoms with Crippen LogP contribution in [0.2, 0.25) is 0 Å². The van der Waals surface area contributed by atoms with Gasteiger partial charge in [0.15, 0.2) is 0 Å². The summed E-state index contributed by atoms with van der Waals surface area (Å²) in [5.41, 5.74) is -0.361. The molecule has 1 unspecified atom stereocenters. The highest BCUT2D eigenvalue weighted by Gasteiger charge is 2.33. The van der Waals surface area contributed by atoms with Gasteiger partial charge in [-0.15, -0.1) is 0 Å². The highest BCUT2D eigenvalue weighted by molar-refractivity contribution is 5.80. The van der Waals surface area contributed by atoms with Gasteiger partial charge in [0.2, 0.25) is 0 Å². The first-order valence-corrected chi connectivity index (χ1v) is 7.87. The summed E-state index contributed by atoms with van der Waals surface area (Å²) in [6.07, 6.45) is 2.89. The van der Waals surface area contributed by atoms with E-state index in [1.807, 2.05) is 20.8 Å². The van der Waals surface area contributed by atoms with E-state index in [0.717, 1.165) is 32.4 Å². The lowest BCUT2D eigenvalue weighted by molar-refractivity contribution is -0.150. The minimum Gasteiger partial charge on any atom is -0.465 e. The molecule has 0 aliphatic rings. The number of carbonyl (C=O) groups is 1. The molecule has 0 rings (SSSR count). The Bertz CT molecular complexity index is 292. The van der Waals surface area contributed by atoms with Gasteiger partial charge in [-0.1, -0.05) is 13.8 Å². The lowest BCUT2D eigenvalue weighted by atomic mass is 9.94. The normalized spacial score (nSPS) is 15.2. The number of ether oxygens (including phenoxy) is 1. The largest absolute Gasteiger partial charge is 0.465 e. The van der Waals surface area contributed by atoms with Crippen LogP contribution < -0.4 is 5.32 Å². The van der Waals surface area contributed by atoms with E-state index in [4.69, 9.17) is 4.74 Å². The molecule has 4 nitrogen and oxygen atoms in total. The molecule has 0 saturated heterocycles. The molecule has 1 N–H and O–H groups in total. The number of hydrogen-bond acceptors (Lipinski definition) is 4. The summed E-state index contributed by atoms with van der Waals surface area (Å²) in [5.74, 6) is -0.140. The van der Waals surface area contributed by atoms with Gasteiger partial charge >= 0.3 is 5.97 Å². The van der Waals surface area contributed by atoms with Crippen molar-refractivity contribution >= 4 is 5.97 Å². The summed E-state index contributed by atoms with van der Waals surface area (Å²) < 4.78 is 5.19. The molecule has 0 aliphatic carbocycles. The Kier molecular flexibility index (Phi) is 8.36. The summed E-state index contributed by atoms with van der Waals surface area (Å²) in [6, 6.07) is 0. The van der Waals surface area contributed by atoms with Gasteiger partial charge < -0.3 is 15.0 Å². The van der Waals surface area contributed by atoms with Gasteiger partial charge in [0.05, 0.1) is 6.61 Å². The fourth-order valence-electron chi connectivity index (χ4n) is 2.19. The lowest BCUT2D eigenvalue weighted by Gasteiger charge is -2.36. The van der Waals surface area contributed by atoms with E-state index in [1.165, 1.54) is 0 Å². The van der Waals surface area contributed by atoms with Gasteiger partial charge in [-0.25, -0.2) is 0 Å². The maximum atomic E-state index is 12.1. The molecule has 0 aromatic heterocycles. The molecule has 0 amide bonds. The van der Waals surface area contributed by atoms with Crippen molar-refractivity contribution in [2.75, 3.05) is 26.7 Å². The van der Waals surface area contributed by atoms with Crippen LogP contribution in [0.1, 0.15) is 60.8 Å². The first kappa shape index (κ1) is 19.4. The number of carbonyl (C=O) groups excluding carboxylic acids is 1. The summed E-state index contributed by atoms with van der Waals surface area (Å²) in [4.78, 5) is 14.5. The molecule has 0 fully saturated rings. The first-order chi connectivity index (χ1) is 9.23. The van der Waals surface area contributed by atoms with Crippen molar-refractivity contribution < 1.29 is 9.53 Å². The smallest absolute Gasteiger partial charge is 0.326 e. The second-order valence-electron chi connectivity index (χ2n) is 6.27. The molecular weight excluding hydrogens is 252 g/mol. The number of nitrogens with one attached hydrogen (secondary N) is 1. The van der Waals surface area contributed by atoms with Gasteiger partial charge in [-0.2, -0.15) is 0 Å². The zero-order valence-corrected chi connectivity index (χ0v) is 14.5. The van der Waals surface area contributed by atoms with Crippen LogP contribution in [-0.4, -0.2) is 48.7 Å². The Morgan fingerprint density at radius 1 is 1.20 bits per heavy atom. The number of hydrogen-bond donors (Lipinski definition) is 1. The highest BCUT2D eigenvalue weighted by Crippen LogP contribution is 2.19. The fourth-order valence-corrected chi connectivity index (χ4v) is 2.19. The van der Waals surface area contributed by atoms with Crippen LogP contribution >= 0.6 is 0 Å². The van der Waals surface area contributed by atoms with Gasteiger partial charge in [0, 0.05) is 5.54 Å². The molecule has 0 aromatic carbocycles. The van der Waals surface area contributed by atoms with E-state index in [2.05, 4.69) is 38.0 Å². The Hall–Kier alpha value is -0.610. The molecule has 20 heavy (non-hydrogen) atoms. The van der Waals surface area contributed by atoms with Crippen LogP contribution in [0.3, 0.4) is 0 Å². The van der Waals surface area contributed by atoms with E-state index >= 15 is 0 Å². The summed E-state index contributed by atoms with van der Waals surface area (Å²) in [5, 5.41) is 3.28. The van der Waals surface area contributed by atoms with Crippen molar-refractivity contribution in [3.05, 3.63) is 0 Å². The van der Waals surface area contributed by atoms with Crippen molar-refractivity contribution in [3.8, 4) is 0 Å². The standard InChI is InChI=1S/C16H34N2O2/c1-8-15(4,5)18(7)13-11-12-16(6,17-9-2)14(19)20-10-3/h17H,8-13H2,1-7H3. The van der Waals surface area contributed by atoms with Crippen LogP contribution in [0.15, 0.2) is 0 Å². The molecule has 120 valence electrons. The molecule has 0 bridgehead atoms. The van der Waals surface area contributed by atoms with Crippen molar-refractivity contribution in [2.24, 2.45) is 0 Å². The van der Waals surface area contributed by atoms with E-state index < -0.39 is 5.54 Å². The Morgan fingerprint density at radius 2 is 1.80 bits per heavy atom. The first-order valence-electron chi connectivity index (χ1n) is 7.87. The molecule has 1 atom stereocenters. The quantitative estimate of drug-likeness (QED) is 0.627. The van der Waals surface area contributed by atoms with Crippen LogP contribution in [0.4, 0.5) is 0 Å². The maximum Gasteiger partial charge on any atom is 0.326 e. The van der Waals surface area contributed by atoms with Crippen molar-refractivity contribution in [3.63, 3.8) is 0 Å². The van der Waals surface area contributed by atoms with Crippen LogP contribution in [-0.2, 0) is 9.53 Å². The van der Waals surface area contributed by atoms with Gasteiger partial charge in [-0.3, -0.25) is 4.79 Å². The average molecular weight is 286 g/mol. The zero-order chi connectivity index (χ0) is 15.8. The number of nitrogens with zero attached hydrogens (tertiary/aromatic N) is 1. The van der Waals surface area contributed by atoms with Crippen molar-refractivity contribution in [1.29, 1.82) is 0 Å². The maximum absolute atomic E-state index is 12.1. The Labute approximate surface area is 125 Å². The van der Waals surface area contributed by atoms with Crippen LogP contribution in [0, 0.1) is 0 Å². The molecule has 4 heteroatoms. The SMILES string of the molecule is CCNC(C)(CCCN(C)C(C)(C)CC)C(=O)OCC. The van der Waals surface area contributed by atoms with Gasteiger partial charge in [0.25, 0.3) is 0 Å². The molecule has 0 aromatic rings. The van der Waals surface area contributed by atoms with Crippen molar-refractivity contribution in [2.45, 2.75) is 71.9 Å². The third kappa shape index (κ3) is 5.80. The minimum absolute atomic E-state index is 0.140. The van der Waals surface area contributed by atoms with E-state index in [9.17, 15) is 4.79 Å². The lowest BCUT2D eigenvalue weighted by Crippen LogP contribution is -2.51. The van der Waals surface area contributed by atoms with Crippen molar-refractivity contribution in [1.82, 2.24) is 10.2 Å². The average Bonchev–Trinajstić information content (AvgIpc) is 2.39. The summed E-state index contributed by atoms with van der Waals surface area (Å²) in [6.45, 7) is 14.7. The van der Waals surface area contributed by atoms with E-state index in [0.29, 0.717) is 6.61 Å². The summed E-state index contributed by atoms with van der Waals surface area (Å²) >= 11 is 0. The number of rotatable bonds is 10. The van der Waals surface area contributed by atoms with Crippen LogP contribution in [0.25, 0.3) is 0 Å². The Morgan fingerprint density at radius 3 is 2.25 bits per heavy atom.